The number of hydrogen-bond donors (Lipinski definition) is 1. The highest BCUT2D eigenvalue weighted by Gasteiger charge is 1.99. The Bertz CT molecular complexity index is 687. The fourth-order valence-electron chi connectivity index (χ4n) is 2.17. The molecule has 0 fully saturated rings. The van der Waals surface area contributed by atoms with Crippen molar-refractivity contribution in [2.24, 2.45) is 0 Å². The molecule has 106 valence electrons. The molecule has 0 amide bonds. The SMILES string of the molecule is Cc1ccc(CNc2cccc(Cn3ccnc3)c2)nc1. The van der Waals surface area contributed by atoms with Crippen LogP contribution in [0.2, 0.25) is 0 Å². The van der Waals surface area contributed by atoms with E-state index in [0.29, 0.717) is 0 Å². The van der Waals surface area contributed by atoms with E-state index in [9.17, 15) is 0 Å². The molecule has 0 bridgehead atoms. The number of nitrogens with one attached hydrogen (secondary N) is 1. The molecule has 4 nitrogen and oxygen atoms in total. The van der Waals surface area contributed by atoms with Crippen LogP contribution in [0.25, 0.3) is 0 Å². The molecule has 0 unspecified atom stereocenters. The maximum Gasteiger partial charge on any atom is 0.0949 e. The highest BCUT2D eigenvalue weighted by Crippen LogP contribution is 2.13. The number of nitrogens with zero attached hydrogens (tertiary/aromatic N) is 3. The monoisotopic (exact) mass is 278 g/mol. The molecule has 0 saturated heterocycles. The lowest BCUT2D eigenvalue weighted by Crippen LogP contribution is -2.03. The van der Waals surface area contributed by atoms with Gasteiger partial charge in [-0.2, -0.15) is 0 Å². The summed E-state index contributed by atoms with van der Waals surface area (Å²) in [7, 11) is 0. The molecule has 1 aromatic carbocycles. The number of aromatic nitrogens is 3. The molecule has 0 atom stereocenters. The molecule has 2 heterocycles. The zero-order valence-corrected chi connectivity index (χ0v) is 12.0. The molecule has 21 heavy (non-hydrogen) atoms. The van der Waals surface area contributed by atoms with E-state index in [2.05, 4.69) is 56.3 Å². The van der Waals surface area contributed by atoms with Crippen molar-refractivity contribution in [2.75, 3.05) is 5.32 Å². The number of pyridine rings is 1. The average molecular weight is 278 g/mol. The zero-order chi connectivity index (χ0) is 14.5. The number of benzene rings is 1. The Morgan fingerprint density at radius 2 is 2.14 bits per heavy atom. The van der Waals surface area contributed by atoms with Crippen molar-refractivity contribution in [1.29, 1.82) is 0 Å². The van der Waals surface area contributed by atoms with E-state index in [1.54, 1.807) is 6.20 Å². The molecule has 0 aliphatic heterocycles. The van der Waals surface area contributed by atoms with E-state index in [0.717, 1.165) is 24.5 Å². The van der Waals surface area contributed by atoms with Gasteiger partial charge in [-0.25, -0.2) is 4.98 Å². The van der Waals surface area contributed by atoms with Crippen LogP contribution in [0, 0.1) is 6.92 Å². The summed E-state index contributed by atoms with van der Waals surface area (Å²) < 4.78 is 2.06. The van der Waals surface area contributed by atoms with Gasteiger partial charge in [-0.3, -0.25) is 4.98 Å². The summed E-state index contributed by atoms with van der Waals surface area (Å²) in [5.74, 6) is 0. The molecular weight excluding hydrogens is 260 g/mol. The fourth-order valence-corrected chi connectivity index (χ4v) is 2.17. The minimum Gasteiger partial charge on any atom is -0.379 e. The third-order valence-electron chi connectivity index (χ3n) is 3.30. The van der Waals surface area contributed by atoms with Crippen molar-refractivity contribution < 1.29 is 0 Å². The molecule has 3 aromatic rings. The maximum absolute atomic E-state index is 4.40. The Labute approximate surface area is 124 Å². The van der Waals surface area contributed by atoms with Crippen molar-refractivity contribution in [2.45, 2.75) is 20.0 Å². The van der Waals surface area contributed by atoms with Gasteiger partial charge in [0.2, 0.25) is 0 Å². The van der Waals surface area contributed by atoms with Gasteiger partial charge in [0.25, 0.3) is 0 Å². The van der Waals surface area contributed by atoms with Crippen molar-refractivity contribution in [3.05, 3.63) is 78.1 Å². The number of imidazole rings is 1. The smallest absolute Gasteiger partial charge is 0.0949 e. The zero-order valence-electron chi connectivity index (χ0n) is 12.0. The summed E-state index contributed by atoms with van der Waals surface area (Å²) in [6.07, 6.45) is 7.49. The minimum absolute atomic E-state index is 0.731. The third-order valence-corrected chi connectivity index (χ3v) is 3.30. The van der Waals surface area contributed by atoms with Crippen LogP contribution in [0.1, 0.15) is 16.8 Å². The average Bonchev–Trinajstić information content (AvgIpc) is 3.00. The first-order valence-corrected chi connectivity index (χ1v) is 7.00. The Kier molecular flexibility index (Phi) is 3.96. The van der Waals surface area contributed by atoms with Crippen LogP contribution in [0.4, 0.5) is 5.69 Å². The van der Waals surface area contributed by atoms with Crippen molar-refractivity contribution in [1.82, 2.24) is 14.5 Å². The maximum atomic E-state index is 4.40. The van der Waals surface area contributed by atoms with Crippen molar-refractivity contribution in [3.63, 3.8) is 0 Å². The molecular formula is C17H18N4. The lowest BCUT2D eigenvalue weighted by atomic mass is 10.2. The summed E-state index contributed by atoms with van der Waals surface area (Å²) in [6, 6.07) is 12.6. The second-order valence-corrected chi connectivity index (χ2v) is 5.12. The lowest BCUT2D eigenvalue weighted by Gasteiger charge is -2.09. The lowest BCUT2D eigenvalue weighted by molar-refractivity contribution is 0.797. The fraction of sp³-hybridized carbons (Fsp3) is 0.176. The van der Waals surface area contributed by atoms with Gasteiger partial charge in [-0.1, -0.05) is 18.2 Å². The number of rotatable bonds is 5. The van der Waals surface area contributed by atoms with E-state index in [1.165, 1.54) is 11.1 Å². The summed E-state index contributed by atoms with van der Waals surface area (Å²) in [5.41, 5.74) is 4.58. The minimum atomic E-state index is 0.731. The van der Waals surface area contributed by atoms with E-state index in [1.807, 2.05) is 25.6 Å². The first-order chi connectivity index (χ1) is 10.3. The van der Waals surface area contributed by atoms with Gasteiger partial charge >= 0.3 is 0 Å². The van der Waals surface area contributed by atoms with Crippen LogP contribution >= 0.6 is 0 Å². The molecule has 4 heteroatoms. The van der Waals surface area contributed by atoms with Gasteiger partial charge in [0, 0.05) is 30.8 Å². The van der Waals surface area contributed by atoms with Crippen LogP contribution < -0.4 is 5.32 Å². The van der Waals surface area contributed by atoms with Gasteiger partial charge in [-0.15, -0.1) is 0 Å². The van der Waals surface area contributed by atoms with Crippen molar-refractivity contribution >= 4 is 5.69 Å². The van der Waals surface area contributed by atoms with Gasteiger partial charge in [0.05, 0.1) is 18.6 Å². The summed E-state index contributed by atoms with van der Waals surface area (Å²) in [5, 5.41) is 3.41. The van der Waals surface area contributed by atoms with E-state index >= 15 is 0 Å². The molecule has 0 aliphatic carbocycles. The predicted molar refractivity (Wildman–Crippen MR) is 84.1 cm³/mol. The molecule has 0 saturated carbocycles. The normalized spacial score (nSPS) is 10.5. The highest BCUT2D eigenvalue weighted by atomic mass is 15.0. The van der Waals surface area contributed by atoms with Crippen molar-refractivity contribution in [3.8, 4) is 0 Å². The molecule has 0 radical (unpaired) electrons. The van der Waals surface area contributed by atoms with E-state index in [4.69, 9.17) is 0 Å². The Morgan fingerprint density at radius 3 is 2.90 bits per heavy atom. The van der Waals surface area contributed by atoms with Gasteiger partial charge in [0.1, 0.15) is 0 Å². The molecule has 3 rings (SSSR count). The summed E-state index contributed by atoms with van der Waals surface area (Å²) >= 11 is 0. The second kappa shape index (κ2) is 6.22. The predicted octanol–water partition coefficient (Wildman–Crippen LogP) is 3.25. The molecule has 0 aliphatic rings. The number of hydrogen-bond acceptors (Lipinski definition) is 3. The van der Waals surface area contributed by atoms with Crippen LogP contribution in [0.15, 0.2) is 61.3 Å². The van der Waals surface area contributed by atoms with Gasteiger partial charge in [-0.05, 0) is 36.2 Å². The standard InChI is InChI=1S/C17H18N4/c1-14-5-6-17(19-10-14)11-20-16-4-2-3-15(9-16)12-21-8-7-18-13-21/h2-10,13,20H,11-12H2,1H3. The van der Waals surface area contributed by atoms with Crippen LogP contribution in [-0.2, 0) is 13.1 Å². The Balaban J connectivity index is 1.64. The van der Waals surface area contributed by atoms with Crippen LogP contribution in [0.3, 0.4) is 0 Å². The van der Waals surface area contributed by atoms with Gasteiger partial charge in [0.15, 0.2) is 0 Å². The van der Waals surface area contributed by atoms with Crippen LogP contribution in [0.5, 0.6) is 0 Å². The molecule has 1 N–H and O–H groups in total. The first-order valence-electron chi connectivity index (χ1n) is 7.00. The van der Waals surface area contributed by atoms with Gasteiger partial charge < -0.3 is 9.88 Å². The summed E-state index contributed by atoms with van der Waals surface area (Å²) in [4.78, 5) is 8.46. The highest BCUT2D eigenvalue weighted by molar-refractivity contribution is 5.46. The molecule has 2 aromatic heterocycles. The van der Waals surface area contributed by atoms with E-state index < -0.39 is 0 Å². The Hall–Kier alpha value is -2.62. The Morgan fingerprint density at radius 1 is 1.19 bits per heavy atom. The molecule has 0 spiro atoms. The number of anilines is 1. The first kappa shape index (κ1) is 13.4. The quantitative estimate of drug-likeness (QED) is 0.779. The number of aryl methyl sites for hydroxylation is 1. The largest absolute Gasteiger partial charge is 0.379 e. The van der Waals surface area contributed by atoms with Crippen LogP contribution in [-0.4, -0.2) is 14.5 Å². The summed E-state index contributed by atoms with van der Waals surface area (Å²) in [6.45, 7) is 3.61. The second-order valence-electron chi connectivity index (χ2n) is 5.12. The topological polar surface area (TPSA) is 42.7 Å². The van der Waals surface area contributed by atoms with E-state index in [-0.39, 0.29) is 0 Å². The third kappa shape index (κ3) is 3.69.